The molecular formula is C22H24ClN3O2. The standard InChI is InChI=1S/C22H24ClN3O2/c1-14-18-4-3-5-19(23)21(18)28-20(14)22(27)25-17-8-12-26(13-9-17)15(2)16-6-10-24-11-7-16/h3-7,10-11,15,17H,8-9,12-13H2,1-2H3,(H,25,27)/t15-/m0/s1. The SMILES string of the molecule is Cc1c(C(=O)NC2CCN([C@@H](C)c3ccncc3)CC2)oc2c(Cl)cccc12. The van der Waals surface area contributed by atoms with Crippen LogP contribution in [-0.4, -0.2) is 34.9 Å². The lowest BCUT2D eigenvalue weighted by molar-refractivity contribution is 0.0870. The smallest absolute Gasteiger partial charge is 0.287 e. The molecule has 6 heteroatoms. The number of amides is 1. The van der Waals surface area contributed by atoms with Gasteiger partial charge in [0, 0.05) is 48.5 Å². The molecular weight excluding hydrogens is 374 g/mol. The first kappa shape index (κ1) is 19.0. The van der Waals surface area contributed by atoms with Crippen molar-refractivity contribution in [2.24, 2.45) is 0 Å². The number of carbonyl (C=O) groups excluding carboxylic acids is 1. The Morgan fingerprint density at radius 1 is 1.25 bits per heavy atom. The topological polar surface area (TPSA) is 58.4 Å². The third-order valence-electron chi connectivity index (χ3n) is 5.72. The number of carbonyl (C=O) groups is 1. The van der Waals surface area contributed by atoms with E-state index in [4.69, 9.17) is 16.0 Å². The average Bonchev–Trinajstić information content (AvgIpc) is 3.07. The summed E-state index contributed by atoms with van der Waals surface area (Å²) in [7, 11) is 0. The number of likely N-dealkylation sites (tertiary alicyclic amines) is 1. The van der Waals surface area contributed by atoms with Crippen LogP contribution in [0.2, 0.25) is 5.02 Å². The molecule has 0 aliphatic carbocycles. The molecule has 3 aromatic rings. The van der Waals surface area contributed by atoms with Crippen molar-refractivity contribution in [2.45, 2.75) is 38.8 Å². The lowest BCUT2D eigenvalue weighted by atomic mass is 10.0. The van der Waals surface area contributed by atoms with E-state index in [0.29, 0.717) is 22.4 Å². The molecule has 2 aromatic heterocycles. The second kappa shape index (κ2) is 7.94. The van der Waals surface area contributed by atoms with E-state index in [1.54, 1.807) is 6.07 Å². The summed E-state index contributed by atoms with van der Waals surface area (Å²) in [4.78, 5) is 19.3. The number of pyridine rings is 1. The van der Waals surface area contributed by atoms with Crippen LogP contribution in [0.15, 0.2) is 47.1 Å². The van der Waals surface area contributed by atoms with E-state index in [0.717, 1.165) is 36.9 Å². The number of halogens is 1. The van der Waals surface area contributed by atoms with Gasteiger partial charge in [0.25, 0.3) is 5.91 Å². The lowest BCUT2D eigenvalue weighted by Gasteiger charge is -2.36. The largest absolute Gasteiger partial charge is 0.449 e. The average molecular weight is 398 g/mol. The molecule has 1 aliphatic heterocycles. The predicted octanol–water partition coefficient (Wildman–Crippen LogP) is 4.75. The van der Waals surface area contributed by atoms with Gasteiger partial charge in [-0.3, -0.25) is 14.7 Å². The van der Waals surface area contributed by atoms with Crippen molar-refractivity contribution in [3.63, 3.8) is 0 Å². The number of fused-ring (bicyclic) bond motifs is 1. The fourth-order valence-corrected chi connectivity index (χ4v) is 4.17. The molecule has 0 unspecified atom stereocenters. The third-order valence-corrected chi connectivity index (χ3v) is 6.02. The van der Waals surface area contributed by atoms with E-state index in [1.165, 1.54) is 5.56 Å². The number of piperidine rings is 1. The molecule has 1 fully saturated rings. The summed E-state index contributed by atoms with van der Waals surface area (Å²) >= 11 is 6.20. The van der Waals surface area contributed by atoms with Crippen molar-refractivity contribution < 1.29 is 9.21 Å². The van der Waals surface area contributed by atoms with E-state index in [-0.39, 0.29) is 11.9 Å². The number of aromatic nitrogens is 1. The molecule has 0 radical (unpaired) electrons. The van der Waals surface area contributed by atoms with Crippen LogP contribution in [-0.2, 0) is 0 Å². The van der Waals surface area contributed by atoms with Gasteiger partial charge in [0.1, 0.15) is 0 Å². The summed E-state index contributed by atoms with van der Waals surface area (Å²) in [6, 6.07) is 10.2. The molecule has 1 N–H and O–H groups in total. The van der Waals surface area contributed by atoms with Gasteiger partial charge in [-0.2, -0.15) is 0 Å². The molecule has 1 aliphatic rings. The normalized spacial score (nSPS) is 17.0. The first-order chi connectivity index (χ1) is 13.5. The molecule has 28 heavy (non-hydrogen) atoms. The van der Waals surface area contributed by atoms with Gasteiger partial charge in [-0.05, 0) is 50.5 Å². The van der Waals surface area contributed by atoms with Crippen LogP contribution < -0.4 is 5.32 Å². The zero-order chi connectivity index (χ0) is 19.7. The summed E-state index contributed by atoms with van der Waals surface area (Å²) in [5.41, 5.74) is 2.68. The zero-order valence-corrected chi connectivity index (χ0v) is 16.9. The molecule has 0 bridgehead atoms. The fourth-order valence-electron chi connectivity index (χ4n) is 3.96. The Labute approximate surface area is 169 Å². The minimum Gasteiger partial charge on any atom is -0.449 e. The maximum absolute atomic E-state index is 12.8. The van der Waals surface area contributed by atoms with E-state index in [2.05, 4.69) is 34.3 Å². The van der Waals surface area contributed by atoms with Crippen molar-refractivity contribution in [3.05, 3.63) is 64.6 Å². The predicted molar refractivity (Wildman–Crippen MR) is 111 cm³/mol. The number of para-hydroxylation sites is 1. The summed E-state index contributed by atoms with van der Waals surface area (Å²) in [6.07, 6.45) is 5.50. The number of rotatable bonds is 4. The second-order valence-corrected chi connectivity index (χ2v) is 7.82. The van der Waals surface area contributed by atoms with Crippen LogP contribution in [0.25, 0.3) is 11.0 Å². The quantitative estimate of drug-likeness (QED) is 0.690. The maximum Gasteiger partial charge on any atom is 0.287 e. The van der Waals surface area contributed by atoms with Crippen LogP contribution in [0.3, 0.4) is 0 Å². The van der Waals surface area contributed by atoms with Gasteiger partial charge >= 0.3 is 0 Å². The Balaban J connectivity index is 1.39. The number of hydrogen-bond acceptors (Lipinski definition) is 4. The summed E-state index contributed by atoms with van der Waals surface area (Å²) < 4.78 is 5.79. The molecule has 0 spiro atoms. The molecule has 1 amide bonds. The first-order valence-corrected chi connectivity index (χ1v) is 10.0. The highest BCUT2D eigenvalue weighted by molar-refractivity contribution is 6.35. The second-order valence-electron chi connectivity index (χ2n) is 7.41. The highest BCUT2D eigenvalue weighted by Gasteiger charge is 2.26. The number of benzene rings is 1. The van der Waals surface area contributed by atoms with Crippen LogP contribution in [0.1, 0.15) is 47.5 Å². The van der Waals surface area contributed by atoms with Crippen molar-refractivity contribution in [3.8, 4) is 0 Å². The van der Waals surface area contributed by atoms with Gasteiger partial charge in [-0.15, -0.1) is 0 Å². The molecule has 0 saturated carbocycles. The van der Waals surface area contributed by atoms with Crippen LogP contribution in [0.5, 0.6) is 0 Å². The fraction of sp³-hybridized carbons (Fsp3) is 0.364. The number of nitrogens with one attached hydrogen (secondary N) is 1. The van der Waals surface area contributed by atoms with Gasteiger partial charge in [-0.1, -0.05) is 23.7 Å². The van der Waals surface area contributed by atoms with Gasteiger partial charge in [0.15, 0.2) is 11.3 Å². The van der Waals surface area contributed by atoms with E-state index in [1.807, 2.05) is 31.5 Å². The van der Waals surface area contributed by atoms with E-state index < -0.39 is 0 Å². The van der Waals surface area contributed by atoms with Crippen LogP contribution in [0.4, 0.5) is 0 Å². The minimum atomic E-state index is -0.162. The van der Waals surface area contributed by atoms with Crippen molar-refractivity contribution in [1.82, 2.24) is 15.2 Å². The highest BCUT2D eigenvalue weighted by atomic mass is 35.5. The summed E-state index contributed by atoms with van der Waals surface area (Å²) in [5.74, 6) is 0.195. The highest BCUT2D eigenvalue weighted by Crippen LogP contribution is 2.31. The molecule has 1 saturated heterocycles. The number of hydrogen-bond donors (Lipinski definition) is 1. The molecule has 4 rings (SSSR count). The van der Waals surface area contributed by atoms with E-state index in [9.17, 15) is 4.79 Å². The Bertz CT molecular complexity index is 978. The molecule has 1 aromatic carbocycles. The molecule has 5 nitrogen and oxygen atoms in total. The van der Waals surface area contributed by atoms with Crippen LogP contribution >= 0.6 is 11.6 Å². The monoisotopic (exact) mass is 397 g/mol. The van der Waals surface area contributed by atoms with Crippen molar-refractivity contribution in [1.29, 1.82) is 0 Å². The minimum absolute atomic E-state index is 0.150. The third kappa shape index (κ3) is 3.64. The number of nitrogens with zero attached hydrogens (tertiary/aromatic N) is 2. The van der Waals surface area contributed by atoms with Gasteiger partial charge in [-0.25, -0.2) is 0 Å². The Kier molecular flexibility index (Phi) is 5.38. The van der Waals surface area contributed by atoms with Gasteiger partial charge < -0.3 is 9.73 Å². The molecule has 3 heterocycles. The molecule has 146 valence electrons. The lowest BCUT2D eigenvalue weighted by Crippen LogP contribution is -2.45. The van der Waals surface area contributed by atoms with E-state index >= 15 is 0 Å². The number of aryl methyl sites for hydroxylation is 1. The Hall–Kier alpha value is -2.37. The molecule has 1 atom stereocenters. The summed E-state index contributed by atoms with van der Waals surface area (Å²) in [5, 5.41) is 4.56. The zero-order valence-electron chi connectivity index (χ0n) is 16.1. The van der Waals surface area contributed by atoms with Crippen molar-refractivity contribution >= 4 is 28.5 Å². The van der Waals surface area contributed by atoms with Gasteiger partial charge in [0.05, 0.1) is 5.02 Å². The Morgan fingerprint density at radius 2 is 1.96 bits per heavy atom. The summed E-state index contributed by atoms with van der Waals surface area (Å²) in [6.45, 7) is 6.00. The van der Waals surface area contributed by atoms with Crippen molar-refractivity contribution in [2.75, 3.05) is 13.1 Å². The van der Waals surface area contributed by atoms with Gasteiger partial charge in [0.2, 0.25) is 0 Å². The van der Waals surface area contributed by atoms with Crippen LogP contribution in [0, 0.1) is 6.92 Å². The first-order valence-electron chi connectivity index (χ1n) is 9.67. The number of furan rings is 1. The maximum atomic E-state index is 12.8. The Morgan fingerprint density at radius 3 is 2.64 bits per heavy atom.